The van der Waals surface area contributed by atoms with Gasteiger partial charge in [-0.3, -0.25) is 4.79 Å². The summed E-state index contributed by atoms with van der Waals surface area (Å²) in [6.45, 7) is 1.52. The topological polar surface area (TPSA) is 139 Å². The molecule has 0 aliphatic carbocycles. The Morgan fingerprint density at radius 3 is 2.32 bits per heavy atom. The monoisotopic (exact) mass is 430 g/mol. The summed E-state index contributed by atoms with van der Waals surface area (Å²) in [6, 6.07) is 10.7. The lowest BCUT2D eigenvalue weighted by Gasteiger charge is -2.38. The zero-order valence-corrected chi connectivity index (χ0v) is 16.8. The number of hydrogen-bond donors (Lipinski definition) is 4. The first-order valence-electron chi connectivity index (χ1n) is 9.60. The van der Waals surface area contributed by atoms with E-state index in [0.717, 1.165) is 0 Å². The Labute approximate surface area is 176 Å². The lowest BCUT2D eigenvalue weighted by Crippen LogP contribution is -2.58. The summed E-state index contributed by atoms with van der Waals surface area (Å²) >= 11 is 0. The lowest BCUT2D eigenvalue weighted by atomic mass is 10.00. The zero-order chi connectivity index (χ0) is 22.3. The van der Waals surface area contributed by atoms with Crippen LogP contribution >= 0.6 is 0 Å². The van der Waals surface area contributed by atoms with Crippen molar-refractivity contribution in [3.05, 3.63) is 52.7 Å². The molecule has 4 rings (SSSR count). The van der Waals surface area contributed by atoms with Crippen LogP contribution in [-0.4, -0.2) is 58.2 Å². The zero-order valence-electron chi connectivity index (χ0n) is 16.8. The number of phenolic OH excluding ortho intramolecular Hbond substituents is 1. The molecule has 31 heavy (non-hydrogen) atoms. The third-order valence-electron chi connectivity index (χ3n) is 5.22. The summed E-state index contributed by atoms with van der Waals surface area (Å²) in [4.78, 5) is 12.6. The third-order valence-corrected chi connectivity index (χ3v) is 5.22. The second kappa shape index (κ2) is 8.20. The first-order valence-corrected chi connectivity index (χ1v) is 9.60. The number of fused-ring (bicyclic) bond motifs is 1. The third kappa shape index (κ3) is 3.96. The van der Waals surface area contributed by atoms with Crippen LogP contribution in [0.2, 0.25) is 0 Å². The Morgan fingerprint density at radius 1 is 0.935 bits per heavy atom. The molecule has 164 valence electrons. The van der Waals surface area contributed by atoms with Gasteiger partial charge in [-0.1, -0.05) is 0 Å². The molecule has 2 aromatic carbocycles. The van der Waals surface area contributed by atoms with E-state index in [9.17, 15) is 25.2 Å². The van der Waals surface area contributed by atoms with E-state index in [2.05, 4.69) is 0 Å². The summed E-state index contributed by atoms with van der Waals surface area (Å²) in [6.07, 6.45) is -6.37. The Morgan fingerprint density at radius 2 is 1.65 bits per heavy atom. The number of phenols is 1. The Kier molecular flexibility index (Phi) is 5.59. The van der Waals surface area contributed by atoms with E-state index in [1.807, 2.05) is 0 Å². The van der Waals surface area contributed by atoms with Crippen molar-refractivity contribution in [2.45, 2.75) is 37.6 Å². The fraction of sp³-hybridized carbons (Fsp3) is 0.318. The molecule has 2 heterocycles. The molecule has 1 fully saturated rings. The number of aliphatic hydroxyl groups excluding tert-OH is 3. The number of methoxy groups -OCH3 is 1. The fourth-order valence-electron chi connectivity index (χ4n) is 3.45. The molecule has 0 spiro atoms. The molecule has 0 amide bonds. The van der Waals surface area contributed by atoms with Crippen LogP contribution in [0.3, 0.4) is 0 Å². The fourth-order valence-corrected chi connectivity index (χ4v) is 3.45. The minimum Gasteiger partial charge on any atom is -0.507 e. The van der Waals surface area contributed by atoms with Gasteiger partial charge in [0.1, 0.15) is 52.3 Å². The van der Waals surface area contributed by atoms with Crippen LogP contribution in [0.15, 0.2) is 51.7 Å². The second-order valence-electron chi connectivity index (χ2n) is 7.32. The molecule has 1 aliphatic rings. The van der Waals surface area contributed by atoms with E-state index in [0.29, 0.717) is 11.3 Å². The van der Waals surface area contributed by atoms with Gasteiger partial charge in [-0.15, -0.1) is 0 Å². The molecule has 1 aromatic heterocycles. The average molecular weight is 430 g/mol. The number of aromatic hydroxyl groups is 1. The smallest absolute Gasteiger partial charge is 0.229 e. The molecule has 0 radical (unpaired) electrons. The molecule has 0 bridgehead atoms. The van der Waals surface area contributed by atoms with Crippen molar-refractivity contribution in [3.63, 3.8) is 0 Å². The van der Waals surface area contributed by atoms with Gasteiger partial charge >= 0.3 is 0 Å². The molecule has 0 saturated carbocycles. The van der Waals surface area contributed by atoms with Gasteiger partial charge < -0.3 is 39.1 Å². The van der Waals surface area contributed by atoms with Crippen LogP contribution in [0.25, 0.3) is 22.3 Å². The molecular formula is C22H22O9. The van der Waals surface area contributed by atoms with Gasteiger partial charge in [-0.25, -0.2) is 0 Å². The van der Waals surface area contributed by atoms with Crippen molar-refractivity contribution in [3.8, 4) is 28.6 Å². The van der Waals surface area contributed by atoms with Crippen LogP contribution in [0, 0.1) is 0 Å². The molecule has 9 heteroatoms. The number of hydrogen-bond acceptors (Lipinski definition) is 9. The van der Waals surface area contributed by atoms with Gasteiger partial charge in [-0.2, -0.15) is 0 Å². The highest BCUT2D eigenvalue weighted by Crippen LogP contribution is 2.33. The summed E-state index contributed by atoms with van der Waals surface area (Å²) in [7, 11) is 1.54. The van der Waals surface area contributed by atoms with Crippen LogP contribution in [0.5, 0.6) is 17.2 Å². The normalized spacial score (nSPS) is 26.0. The number of rotatable bonds is 4. The van der Waals surface area contributed by atoms with Crippen LogP contribution in [-0.2, 0) is 4.74 Å². The number of benzene rings is 2. The standard InChI is InChI=1S/C22H22O9/c1-10-19(25)20(26)21(27)22(29-10)30-13-7-14(23)18-15(24)9-16(31-17(18)8-13)11-3-5-12(28-2)6-4-11/h3-10,19-23,25-27H,1-2H3/t10-,19-,20+,21+,22-/m0/s1. The molecule has 1 aliphatic heterocycles. The second-order valence-corrected chi connectivity index (χ2v) is 7.32. The first kappa shape index (κ1) is 21.1. The SMILES string of the molecule is COc1ccc(-c2cc(=O)c3c(O)cc(O[C@@H]4O[C@@H](C)[C@H](O)[C@@H](O)[C@H]4O)cc3o2)cc1. The van der Waals surface area contributed by atoms with Gasteiger partial charge in [0.2, 0.25) is 6.29 Å². The minimum absolute atomic E-state index is 0.0291. The highest BCUT2D eigenvalue weighted by atomic mass is 16.7. The van der Waals surface area contributed by atoms with Gasteiger partial charge in [0, 0.05) is 23.8 Å². The van der Waals surface area contributed by atoms with E-state index in [4.69, 9.17) is 18.6 Å². The Hall–Kier alpha value is -3.11. The average Bonchev–Trinajstić information content (AvgIpc) is 2.75. The van der Waals surface area contributed by atoms with E-state index in [1.54, 1.807) is 31.4 Å². The minimum atomic E-state index is -1.53. The van der Waals surface area contributed by atoms with E-state index in [-0.39, 0.29) is 28.2 Å². The van der Waals surface area contributed by atoms with Crippen molar-refractivity contribution < 1.29 is 39.1 Å². The highest BCUT2D eigenvalue weighted by Gasteiger charge is 2.43. The van der Waals surface area contributed by atoms with Crippen molar-refractivity contribution in [2.75, 3.05) is 7.11 Å². The number of aliphatic hydroxyl groups is 3. The molecule has 0 unspecified atom stereocenters. The maximum Gasteiger partial charge on any atom is 0.229 e. The quantitative estimate of drug-likeness (QED) is 0.483. The molecule has 3 aromatic rings. The van der Waals surface area contributed by atoms with Crippen molar-refractivity contribution in [1.29, 1.82) is 0 Å². The Bertz CT molecular complexity index is 1140. The summed E-state index contributed by atoms with van der Waals surface area (Å²) in [5.74, 6) is 0.590. The summed E-state index contributed by atoms with van der Waals surface area (Å²) < 4.78 is 21.9. The molecule has 9 nitrogen and oxygen atoms in total. The van der Waals surface area contributed by atoms with Crippen molar-refractivity contribution in [1.82, 2.24) is 0 Å². The lowest BCUT2D eigenvalue weighted by molar-refractivity contribution is -0.268. The van der Waals surface area contributed by atoms with Gasteiger partial charge in [-0.05, 0) is 31.2 Å². The van der Waals surface area contributed by atoms with Crippen LogP contribution < -0.4 is 14.9 Å². The maximum atomic E-state index is 12.6. The predicted molar refractivity (Wildman–Crippen MR) is 109 cm³/mol. The molecule has 1 saturated heterocycles. The van der Waals surface area contributed by atoms with Crippen LogP contribution in [0.1, 0.15) is 6.92 Å². The van der Waals surface area contributed by atoms with E-state index < -0.39 is 36.1 Å². The molecular weight excluding hydrogens is 408 g/mol. The van der Waals surface area contributed by atoms with E-state index >= 15 is 0 Å². The predicted octanol–water partition coefficient (Wildman–Crippen LogP) is 1.38. The number of ether oxygens (including phenoxy) is 3. The molecule has 5 atom stereocenters. The summed E-state index contributed by atoms with van der Waals surface area (Å²) in [5, 5.41) is 40.2. The van der Waals surface area contributed by atoms with E-state index in [1.165, 1.54) is 25.1 Å². The first-order chi connectivity index (χ1) is 14.8. The Balaban J connectivity index is 1.70. The van der Waals surface area contributed by atoms with Crippen LogP contribution in [0.4, 0.5) is 0 Å². The highest BCUT2D eigenvalue weighted by molar-refractivity contribution is 5.86. The molecule has 4 N–H and O–H groups in total. The van der Waals surface area contributed by atoms with Crippen molar-refractivity contribution in [2.24, 2.45) is 0 Å². The summed E-state index contributed by atoms with van der Waals surface area (Å²) in [5.41, 5.74) is 0.243. The largest absolute Gasteiger partial charge is 0.507 e. The van der Waals surface area contributed by atoms with Gasteiger partial charge in [0.05, 0.1) is 13.2 Å². The van der Waals surface area contributed by atoms with Gasteiger partial charge in [0.15, 0.2) is 5.43 Å². The maximum absolute atomic E-state index is 12.6. The van der Waals surface area contributed by atoms with Gasteiger partial charge in [0.25, 0.3) is 0 Å². The van der Waals surface area contributed by atoms with Crippen molar-refractivity contribution >= 4 is 11.0 Å².